The van der Waals surface area contributed by atoms with Crippen molar-refractivity contribution in [1.29, 1.82) is 0 Å². The summed E-state index contributed by atoms with van der Waals surface area (Å²) in [6.07, 6.45) is 0.981. The fourth-order valence-corrected chi connectivity index (χ4v) is 6.15. The summed E-state index contributed by atoms with van der Waals surface area (Å²) in [6.45, 7) is 4.93. The molecule has 2 atom stereocenters. The van der Waals surface area contributed by atoms with Gasteiger partial charge in [0.15, 0.2) is 0 Å². The number of anilines is 1. The van der Waals surface area contributed by atoms with Crippen LogP contribution in [0.4, 0.5) is 5.69 Å². The van der Waals surface area contributed by atoms with Crippen LogP contribution in [0.2, 0.25) is 15.1 Å². The molecule has 0 bridgehead atoms. The van der Waals surface area contributed by atoms with E-state index in [0.29, 0.717) is 27.1 Å². The van der Waals surface area contributed by atoms with Crippen LogP contribution in [0.15, 0.2) is 77.7 Å². The van der Waals surface area contributed by atoms with Crippen molar-refractivity contribution < 1.29 is 18.0 Å². The van der Waals surface area contributed by atoms with E-state index in [1.54, 1.807) is 55.5 Å². The number of hydrogen-bond donors (Lipinski definition) is 1. The van der Waals surface area contributed by atoms with Gasteiger partial charge in [0, 0.05) is 33.2 Å². The molecule has 3 aromatic rings. The highest BCUT2D eigenvalue weighted by Gasteiger charge is 2.34. The van der Waals surface area contributed by atoms with Crippen LogP contribution in [-0.4, -0.2) is 43.8 Å². The molecule has 3 rings (SSSR count). The van der Waals surface area contributed by atoms with Crippen molar-refractivity contribution in [3.8, 4) is 0 Å². The zero-order valence-corrected chi connectivity index (χ0v) is 25.6. The molecule has 0 spiro atoms. The number of amides is 2. The van der Waals surface area contributed by atoms with Crippen LogP contribution in [-0.2, 0) is 26.2 Å². The third kappa shape index (κ3) is 7.69. The smallest absolute Gasteiger partial charge is 0.264 e. The summed E-state index contributed by atoms with van der Waals surface area (Å²) in [4.78, 5) is 28.8. The van der Waals surface area contributed by atoms with Gasteiger partial charge in [-0.2, -0.15) is 0 Å². The van der Waals surface area contributed by atoms with E-state index in [9.17, 15) is 18.0 Å². The molecule has 0 unspecified atom stereocenters. The molecule has 0 aliphatic heterocycles. The van der Waals surface area contributed by atoms with Gasteiger partial charge in [-0.05, 0) is 68.3 Å². The number of nitrogens with zero attached hydrogens (tertiary/aromatic N) is 2. The standard InChI is InChI=1S/C29H32Cl3N3O4S/c1-4-20(3)33-29(37)27(5-2)34(18-24-25(31)12-9-13-26(24)32)28(36)19-35(22-16-14-21(30)15-17-22)40(38,39)23-10-7-6-8-11-23/h6-17,20,27H,4-5,18-19H2,1-3H3,(H,33,37)/t20-,27-/m0/s1. The second kappa shape index (κ2) is 14.2. The first-order valence-electron chi connectivity index (χ1n) is 12.9. The van der Waals surface area contributed by atoms with Gasteiger partial charge in [-0.25, -0.2) is 8.42 Å². The van der Waals surface area contributed by atoms with Crippen molar-refractivity contribution in [3.63, 3.8) is 0 Å². The Morgan fingerprint density at radius 1 is 0.850 bits per heavy atom. The molecule has 0 fully saturated rings. The van der Waals surface area contributed by atoms with E-state index in [4.69, 9.17) is 34.8 Å². The van der Waals surface area contributed by atoms with Gasteiger partial charge in [0.05, 0.1) is 10.6 Å². The van der Waals surface area contributed by atoms with Gasteiger partial charge in [0.1, 0.15) is 12.6 Å². The maximum Gasteiger partial charge on any atom is 0.264 e. The fraction of sp³-hybridized carbons (Fsp3) is 0.310. The first kappa shape index (κ1) is 31.7. The lowest BCUT2D eigenvalue weighted by Crippen LogP contribution is -2.53. The summed E-state index contributed by atoms with van der Waals surface area (Å²) in [5.41, 5.74) is 0.701. The Balaban J connectivity index is 2.08. The third-order valence-corrected chi connectivity index (χ3v) is 9.25. The minimum atomic E-state index is -4.17. The largest absolute Gasteiger partial charge is 0.352 e. The third-order valence-electron chi connectivity index (χ3n) is 6.50. The monoisotopic (exact) mass is 623 g/mol. The number of halogens is 3. The quantitative estimate of drug-likeness (QED) is 0.247. The Morgan fingerprint density at radius 3 is 2.00 bits per heavy atom. The zero-order chi connectivity index (χ0) is 29.4. The van der Waals surface area contributed by atoms with Gasteiger partial charge >= 0.3 is 0 Å². The number of nitrogens with one attached hydrogen (secondary N) is 1. The van der Waals surface area contributed by atoms with Gasteiger partial charge in [0.2, 0.25) is 11.8 Å². The number of rotatable bonds is 12. The van der Waals surface area contributed by atoms with Crippen molar-refractivity contribution in [2.45, 2.75) is 57.1 Å². The van der Waals surface area contributed by atoms with Crippen LogP contribution < -0.4 is 9.62 Å². The van der Waals surface area contributed by atoms with E-state index >= 15 is 0 Å². The molecule has 0 saturated carbocycles. The van der Waals surface area contributed by atoms with Crippen molar-refractivity contribution in [1.82, 2.24) is 10.2 Å². The Kier molecular flexibility index (Phi) is 11.3. The zero-order valence-electron chi connectivity index (χ0n) is 22.5. The van der Waals surface area contributed by atoms with Gasteiger partial charge in [-0.3, -0.25) is 13.9 Å². The van der Waals surface area contributed by atoms with Crippen LogP contribution >= 0.6 is 34.8 Å². The molecule has 0 heterocycles. The fourth-order valence-electron chi connectivity index (χ4n) is 4.07. The average Bonchev–Trinajstić information content (AvgIpc) is 2.93. The van der Waals surface area contributed by atoms with Crippen LogP contribution in [0.25, 0.3) is 0 Å². The number of carbonyl (C=O) groups excluding carboxylic acids is 2. The molecule has 0 aliphatic carbocycles. The predicted molar refractivity (Wildman–Crippen MR) is 161 cm³/mol. The molecule has 11 heteroatoms. The lowest BCUT2D eigenvalue weighted by atomic mass is 10.1. The second-order valence-corrected chi connectivity index (χ2v) is 12.4. The minimum absolute atomic E-state index is 0.0139. The Morgan fingerprint density at radius 2 is 1.45 bits per heavy atom. The maximum atomic E-state index is 14.1. The number of hydrogen-bond acceptors (Lipinski definition) is 4. The van der Waals surface area contributed by atoms with E-state index in [1.165, 1.54) is 29.2 Å². The highest BCUT2D eigenvalue weighted by atomic mass is 35.5. The first-order chi connectivity index (χ1) is 19.0. The second-order valence-electron chi connectivity index (χ2n) is 9.26. The van der Waals surface area contributed by atoms with Crippen molar-refractivity contribution in [2.24, 2.45) is 0 Å². The first-order valence-corrected chi connectivity index (χ1v) is 15.4. The van der Waals surface area contributed by atoms with E-state index in [2.05, 4.69) is 5.32 Å². The minimum Gasteiger partial charge on any atom is -0.352 e. The summed E-state index contributed by atoms with van der Waals surface area (Å²) >= 11 is 18.9. The molecule has 3 aromatic carbocycles. The highest BCUT2D eigenvalue weighted by molar-refractivity contribution is 7.92. The highest BCUT2D eigenvalue weighted by Crippen LogP contribution is 2.29. The maximum absolute atomic E-state index is 14.1. The van der Waals surface area contributed by atoms with Gasteiger partial charge in [-0.1, -0.05) is 72.9 Å². The molecular formula is C29H32Cl3N3O4S. The van der Waals surface area contributed by atoms with Crippen molar-refractivity contribution in [3.05, 3.63) is 93.4 Å². The van der Waals surface area contributed by atoms with Gasteiger partial charge in [0.25, 0.3) is 10.0 Å². The molecule has 0 saturated heterocycles. The summed E-state index contributed by atoms with van der Waals surface area (Å²) in [5.74, 6) is -0.950. The molecule has 2 amide bonds. The molecule has 40 heavy (non-hydrogen) atoms. The molecule has 7 nitrogen and oxygen atoms in total. The Labute approximate surface area is 251 Å². The topological polar surface area (TPSA) is 86.8 Å². The predicted octanol–water partition coefficient (Wildman–Crippen LogP) is 6.56. The van der Waals surface area contributed by atoms with Crippen LogP contribution in [0, 0.1) is 0 Å². The SMILES string of the molecule is CC[C@H](C)NC(=O)[C@H](CC)N(Cc1c(Cl)cccc1Cl)C(=O)CN(c1ccc(Cl)cc1)S(=O)(=O)c1ccccc1. The van der Waals surface area contributed by atoms with E-state index in [0.717, 1.165) is 4.31 Å². The van der Waals surface area contributed by atoms with E-state index in [-0.39, 0.29) is 35.5 Å². The van der Waals surface area contributed by atoms with Crippen molar-refractivity contribution >= 4 is 62.3 Å². The van der Waals surface area contributed by atoms with Crippen LogP contribution in [0.1, 0.15) is 39.2 Å². The molecule has 214 valence electrons. The summed E-state index contributed by atoms with van der Waals surface area (Å²) in [5, 5.41) is 4.00. The van der Waals surface area contributed by atoms with Crippen LogP contribution in [0.3, 0.4) is 0 Å². The molecular weight excluding hydrogens is 593 g/mol. The van der Waals surface area contributed by atoms with E-state index in [1.807, 2.05) is 13.8 Å². The van der Waals surface area contributed by atoms with Crippen molar-refractivity contribution in [2.75, 3.05) is 10.8 Å². The molecule has 0 radical (unpaired) electrons. The van der Waals surface area contributed by atoms with Gasteiger partial charge < -0.3 is 10.2 Å². The molecule has 1 N–H and O–H groups in total. The molecule has 0 aromatic heterocycles. The lowest BCUT2D eigenvalue weighted by molar-refractivity contribution is -0.140. The summed E-state index contributed by atoms with van der Waals surface area (Å²) in [7, 11) is -4.17. The number of carbonyl (C=O) groups is 2. The average molecular weight is 625 g/mol. The Hall–Kier alpha value is -2.78. The lowest BCUT2D eigenvalue weighted by Gasteiger charge is -2.34. The normalized spacial score (nSPS) is 12.8. The van der Waals surface area contributed by atoms with Crippen LogP contribution in [0.5, 0.6) is 0 Å². The summed E-state index contributed by atoms with van der Waals surface area (Å²) < 4.78 is 28.6. The van der Waals surface area contributed by atoms with E-state index < -0.39 is 28.5 Å². The number of sulfonamides is 1. The number of benzene rings is 3. The summed E-state index contributed by atoms with van der Waals surface area (Å²) in [6, 6.07) is 17.9. The Bertz CT molecular complexity index is 1400. The van der Waals surface area contributed by atoms with Gasteiger partial charge in [-0.15, -0.1) is 0 Å². The molecule has 0 aliphatic rings.